The quantitative estimate of drug-likeness (QED) is 0.666. The summed E-state index contributed by atoms with van der Waals surface area (Å²) in [6.45, 7) is 1.80. The van der Waals surface area contributed by atoms with Crippen LogP contribution in [0.1, 0.15) is 12.5 Å². The second-order valence-electron chi connectivity index (χ2n) is 2.23. The molecule has 0 saturated carbocycles. The van der Waals surface area contributed by atoms with Crippen LogP contribution in [-0.2, 0) is 6.42 Å². The molecule has 0 aliphatic rings. The van der Waals surface area contributed by atoms with E-state index in [4.69, 9.17) is 9.84 Å². The molecule has 0 aliphatic carbocycles. The van der Waals surface area contributed by atoms with Gasteiger partial charge >= 0.3 is 0 Å². The van der Waals surface area contributed by atoms with Crippen molar-refractivity contribution in [1.29, 1.82) is 0 Å². The molecule has 1 aromatic rings. The number of aryl methyl sites for hydroxylation is 1. The van der Waals surface area contributed by atoms with Crippen LogP contribution in [0.3, 0.4) is 0 Å². The molecule has 0 fully saturated rings. The fourth-order valence-electron chi connectivity index (χ4n) is 1.01. The Morgan fingerprint density at radius 1 is 1.36 bits per heavy atom. The Hall–Kier alpha value is -1.02. The topological polar surface area (TPSA) is 29.5 Å². The average Bonchev–Trinajstić information content (AvgIpc) is 2.06. The lowest BCUT2D eigenvalue weighted by Gasteiger charge is -2.06. The maximum Gasteiger partial charge on any atom is 0.186 e. The minimum absolute atomic E-state index is 0.253. The van der Waals surface area contributed by atoms with Gasteiger partial charge in [0.1, 0.15) is 5.75 Å². The number of aliphatic hydroxyl groups excluding tert-OH is 1. The van der Waals surface area contributed by atoms with Gasteiger partial charge in [0.2, 0.25) is 0 Å². The predicted molar refractivity (Wildman–Crippen MR) is 43.5 cm³/mol. The maximum absolute atomic E-state index is 8.52. The molecule has 0 unspecified atom stereocenters. The second-order valence-corrected chi connectivity index (χ2v) is 2.23. The SMILES string of the molecule is CCc1ccccc1OCO. The highest BCUT2D eigenvalue weighted by Crippen LogP contribution is 2.17. The molecule has 60 valence electrons. The summed E-state index contributed by atoms with van der Waals surface area (Å²) in [6, 6.07) is 7.70. The van der Waals surface area contributed by atoms with Crippen molar-refractivity contribution in [2.45, 2.75) is 13.3 Å². The number of benzene rings is 1. The molecule has 0 aliphatic heterocycles. The zero-order chi connectivity index (χ0) is 8.10. The van der Waals surface area contributed by atoms with Crippen molar-refractivity contribution in [2.24, 2.45) is 0 Å². The molecule has 0 spiro atoms. The van der Waals surface area contributed by atoms with E-state index in [0.717, 1.165) is 17.7 Å². The van der Waals surface area contributed by atoms with Crippen molar-refractivity contribution in [3.05, 3.63) is 29.8 Å². The summed E-state index contributed by atoms with van der Waals surface area (Å²) in [7, 11) is 0. The number of aliphatic hydroxyl groups is 1. The Labute approximate surface area is 66.4 Å². The van der Waals surface area contributed by atoms with Crippen molar-refractivity contribution in [3.63, 3.8) is 0 Å². The third-order valence-corrected chi connectivity index (χ3v) is 1.57. The second kappa shape index (κ2) is 3.98. The van der Waals surface area contributed by atoms with E-state index in [1.165, 1.54) is 0 Å². The van der Waals surface area contributed by atoms with Crippen LogP contribution in [0.25, 0.3) is 0 Å². The van der Waals surface area contributed by atoms with Crippen molar-refractivity contribution >= 4 is 0 Å². The lowest BCUT2D eigenvalue weighted by molar-refractivity contribution is 0.0976. The van der Waals surface area contributed by atoms with Crippen molar-refractivity contribution in [2.75, 3.05) is 6.79 Å². The molecule has 0 heterocycles. The van der Waals surface area contributed by atoms with Gasteiger partial charge in [0.15, 0.2) is 6.79 Å². The van der Waals surface area contributed by atoms with E-state index in [9.17, 15) is 0 Å². The highest BCUT2D eigenvalue weighted by molar-refractivity contribution is 5.32. The summed E-state index contributed by atoms with van der Waals surface area (Å²) < 4.78 is 4.98. The predicted octanol–water partition coefficient (Wildman–Crippen LogP) is 1.58. The smallest absolute Gasteiger partial charge is 0.186 e. The molecule has 11 heavy (non-hydrogen) atoms. The van der Waals surface area contributed by atoms with Crippen LogP contribution in [0, 0.1) is 0 Å². The van der Waals surface area contributed by atoms with Crippen LogP contribution in [0.2, 0.25) is 0 Å². The molecular formula is C9H12O2. The zero-order valence-electron chi connectivity index (χ0n) is 6.58. The molecule has 0 amide bonds. The summed E-state index contributed by atoms with van der Waals surface area (Å²) >= 11 is 0. The van der Waals surface area contributed by atoms with Gasteiger partial charge in [-0.3, -0.25) is 0 Å². The normalized spacial score (nSPS) is 9.64. The first-order chi connectivity index (χ1) is 5.38. The molecule has 0 saturated heterocycles. The van der Waals surface area contributed by atoms with Crippen LogP contribution < -0.4 is 4.74 Å². The molecule has 2 heteroatoms. The van der Waals surface area contributed by atoms with Crippen LogP contribution in [0.15, 0.2) is 24.3 Å². The largest absolute Gasteiger partial charge is 0.467 e. The van der Waals surface area contributed by atoms with Crippen LogP contribution >= 0.6 is 0 Å². The highest BCUT2D eigenvalue weighted by Gasteiger charge is 1.97. The first-order valence-electron chi connectivity index (χ1n) is 3.70. The molecule has 1 N–H and O–H groups in total. The van der Waals surface area contributed by atoms with Gasteiger partial charge in [-0.1, -0.05) is 25.1 Å². The molecule has 0 bridgehead atoms. The summed E-state index contributed by atoms with van der Waals surface area (Å²) in [5.74, 6) is 0.775. The van der Waals surface area contributed by atoms with Crippen LogP contribution in [-0.4, -0.2) is 11.9 Å². The third kappa shape index (κ3) is 1.95. The van der Waals surface area contributed by atoms with Gasteiger partial charge in [-0.2, -0.15) is 0 Å². The van der Waals surface area contributed by atoms with Crippen LogP contribution in [0.4, 0.5) is 0 Å². The lowest BCUT2D eigenvalue weighted by atomic mass is 10.1. The van der Waals surface area contributed by atoms with Gasteiger partial charge in [0, 0.05) is 0 Å². The van der Waals surface area contributed by atoms with Gasteiger partial charge in [-0.15, -0.1) is 0 Å². The number of hydrogen-bond acceptors (Lipinski definition) is 2. The monoisotopic (exact) mass is 152 g/mol. The van der Waals surface area contributed by atoms with Crippen molar-refractivity contribution < 1.29 is 9.84 Å². The van der Waals surface area contributed by atoms with Gasteiger partial charge in [0.05, 0.1) is 0 Å². The number of hydrogen-bond donors (Lipinski definition) is 1. The van der Waals surface area contributed by atoms with Gasteiger partial charge < -0.3 is 9.84 Å². The van der Waals surface area contributed by atoms with E-state index in [-0.39, 0.29) is 6.79 Å². The minimum atomic E-state index is -0.253. The van der Waals surface area contributed by atoms with Gasteiger partial charge in [0.25, 0.3) is 0 Å². The zero-order valence-corrected chi connectivity index (χ0v) is 6.58. The fourth-order valence-corrected chi connectivity index (χ4v) is 1.01. The van der Waals surface area contributed by atoms with Crippen LogP contribution in [0.5, 0.6) is 5.75 Å². The molecule has 2 nitrogen and oxygen atoms in total. The van der Waals surface area contributed by atoms with E-state index >= 15 is 0 Å². The maximum atomic E-state index is 8.52. The molecule has 0 atom stereocenters. The fraction of sp³-hybridized carbons (Fsp3) is 0.333. The average molecular weight is 152 g/mol. The van der Waals surface area contributed by atoms with E-state index in [1.54, 1.807) is 0 Å². The Kier molecular flexibility index (Phi) is 2.93. The molecule has 0 radical (unpaired) electrons. The molecule has 1 rings (SSSR count). The molecule has 0 aromatic heterocycles. The Morgan fingerprint density at radius 3 is 2.73 bits per heavy atom. The summed E-state index contributed by atoms with van der Waals surface area (Å²) in [4.78, 5) is 0. The highest BCUT2D eigenvalue weighted by atomic mass is 16.6. The Morgan fingerprint density at radius 2 is 2.09 bits per heavy atom. The molecule has 1 aromatic carbocycles. The Bertz CT molecular complexity index is 221. The van der Waals surface area contributed by atoms with E-state index in [2.05, 4.69) is 6.92 Å². The standard InChI is InChI=1S/C9H12O2/c1-2-8-5-3-4-6-9(8)11-7-10/h3-6,10H,2,7H2,1H3. The van der Waals surface area contributed by atoms with Crippen molar-refractivity contribution in [1.82, 2.24) is 0 Å². The third-order valence-electron chi connectivity index (χ3n) is 1.57. The Balaban J connectivity index is 2.83. The minimum Gasteiger partial charge on any atom is -0.467 e. The van der Waals surface area contributed by atoms with E-state index < -0.39 is 0 Å². The first kappa shape index (κ1) is 8.08. The summed E-state index contributed by atoms with van der Waals surface area (Å²) in [5, 5.41) is 8.52. The molecular weight excluding hydrogens is 140 g/mol. The van der Waals surface area contributed by atoms with E-state index in [1.807, 2.05) is 24.3 Å². The number of ether oxygens (including phenoxy) is 1. The number of para-hydroxylation sites is 1. The summed E-state index contributed by atoms with van der Waals surface area (Å²) in [5.41, 5.74) is 1.13. The number of rotatable bonds is 3. The van der Waals surface area contributed by atoms with Crippen molar-refractivity contribution in [3.8, 4) is 5.75 Å². The lowest BCUT2D eigenvalue weighted by Crippen LogP contribution is -1.97. The summed E-state index contributed by atoms with van der Waals surface area (Å²) in [6.07, 6.45) is 0.927. The van der Waals surface area contributed by atoms with Gasteiger partial charge in [-0.05, 0) is 18.1 Å². The van der Waals surface area contributed by atoms with Gasteiger partial charge in [-0.25, -0.2) is 0 Å². The van der Waals surface area contributed by atoms with E-state index in [0.29, 0.717) is 0 Å². The first-order valence-corrected chi connectivity index (χ1v) is 3.70.